The molecule has 0 fully saturated rings. The van der Waals surface area contributed by atoms with E-state index >= 15 is 0 Å². The van der Waals surface area contributed by atoms with Crippen molar-refractivity contribution in [2.45, 2.75) is 26.2 Å². The summed E-state index contributed by atoms with van der Waals surface area (Å²) in [7, 11) is 0. The topological polar surface area (TPSA) is 62.2 Å². The van der Waals surface area contributed by atoms with E-state index in [2.05, 4.69) is 10.3 Å². The second kappa shape index (κ2) is 3.33. The van der Waals surface area contributed by atoms with Crippen LogP contribution in [0.25, 0.3) is 0 Å². The number of nitrogens with one attached hydrogen (secondary N) is 1. The minimum Gasteiger partial charge on any atom is -0.465 e. The van der Waals surface area contributed by atoms with E-state index in [9.17, 15) is 4.79 Å². The molecule has 2 N–H and O–H groups in total. The maximum atomic E-state index is 10.3. The lowest BCUT2D eigenvalue weighted by Crippen LogP contribution is -2.09. The first-order valence-corrected chi connectivity index (χ1v) is 4.67. The standard InChI is InChI=1S/C8H12N2O2S/c1-8(2,3)6-9-4-5(13-6)10-7(11)12/h4,10H,1-3H3,(H,11,12). The number of nitrogens with zero attached hydrogens (tertiary/aromatic N) is 1. The van der Waals surface area contributed by atoms with E-state index < -0.39 is 6.09 Å². The number of aromatic nitrogens is 1. The van der Waals surface area contributed by atoms with E-state index in [1.54, 1.807) is 6.20 Å². The lowest BCUT2D eigenvalue weighted by molar-refractivity contribution is 0.210. The third kappa shape index (κ3) is 2.69. The zero-order valence-electron chi connectivity index (χ0n) is 7.79. The Hall–Kier alpha value is -1.10. The van der Waals surface area contributed by atoms with Crippen LogP contribution in [0.4, 0.5) is 9.80 Å². The van der Waals surface area contributed by atoms with Gasteiger partial charge in [0.25, 0.3) is 0 Å². The molecular formula is C8H12N2O2S. The van der Waals surface area contributed by atoms with Crippen molar-refractivity contribution in [2.75, 3.05) is 5.32 Å². The largest absolute Gasteiger partial charge is 0.465 e. The maximum Gasteiger partial charge on any atom is 0.409 e. The number of thiazole rings is 1. The van der Waals surface area contributed by atoms with Gasteiger partial charge in [-0.1, -0.05) is 20.8 Å². The van der Waals surface area contributed by atoms with Crippen molar-refractivity contribution < 1.29 is 9.90 Å². The summed E-state index contributed by atoms with van der Waals surface area (Å²) in [5, 5.41) is 12.2. The van der Waals surface area contributed by atoms with Gasteiger partial charge in [-0.25, -0.2) is 9.78 Å². The van der Waals surface area contributed by atoms with Gasteiger partial charge in [0.15, 0.2) is 0 Å². The summed E-state index contributed by atoms with van der Waals surface area (Å²) in [6.07, 6.45) is 0.489. The SMILES string of the molecule is CC(C)(C)c1ncc(NC(=O)O)s1. The smallest absolute Gasteiger partial charge is 0.409 e. The molecule has 0 aromatic carbocycles. The van der Waals surface area contributed by atoms with Gasteiger partial charge in [-0.2, -0.15) is 0 Å². The van der Waals surface area contributed by atoms with E-state index in [1.165, 1.54) is 11.3 Å². The molecular weight excluding hydrogens is 188 g/mol. The van der Waals surface area contributed by atoms with Crippen LogP contribution in [-0.2, 0) is 5.41 Å². The van der Waals surface area contributed by atoms with Crippen LogP contribution in [0.15, 0.2) is 6.20 Å². The molecule has 0 radical (unpaired) electrons. The summed E-state index contributed by atoms with van der Waals surface area (Å²) in [5.74, 6) is 0. The van der Waals surface area contributed by atoms with Crippen molar-refractivity contribution in [1.29, 1.82) is 0 Å². The van der Waals surface area contributed by atoms with Gasteiger partial charge in [-0.3, -0.25) is 5.32 Å². The van der Waals surface area contributed by atoms with Crippen LogP contribution in [0.1, 0.15) is 25.8 Å². The second-order valence-electron chi connectivity index (χ2n) is 3.71. The number of anilines is 1. The molecule has 1 heterocycles. The Morgan fingerprint density at radius 3 is 2.62 bits per heavy atom. The first kappa shape index (κ1) is 9.98. The van der Waals surface area contributed by atoms with Crippen molar-refractivity contribution >= 4 is 22.4 Å². The van der Waals surface area contributed by atoms with Gasteiger partial charge in [0.2, 0.25) is 0 Å². The molecule has 1 amide bonds. The van der Waals surface area contributed by atoms with Gasteiger partial charge >= 0.3 is 6.09 Å². The van der Waals surface area contributed by atoms with Crippen LogP contribution in [0.5, 0.6) is 0 Å². The van der Waals surface area contributed by atoms with E-state index in [0.29, 0.717) is 5.00 Å². The molecule has 0 saturated carbocycles. The molecule has 1 aromatic rings. The summed E-state index contributed by atoms with van der Waals surface area (Å²) < 4.78 is 0. The summed E-state index contributed by atoms with van der Waals surface area (Å²) >= 11 is 1.37. The number of hydrogen-bond acceptors (Lipinski definition) is 3. The quantitative estimate of drug-likeness (QED) is 0.732. The van der Waals surface area contributed by atoms with Crippen LogP contribution in [0, 0.1) is 0 Å². The highest BCUT2D eigenvalue weighted by Gasteiger charge is 2.18. The first-order valence-electron chi connectivity index (χ1n) is 3.86. The Kier molecular flexibility index (Phi) is 2.56. The molecule has 0 aliphatic carbocycles. The normalized spacial score (nSPS) is 11.3. The Bertz CT molecular complexity index is 314. The molecule has 1 aromatic heterocycles. The molecule has 0 saturated heterocycles. The molecule has 0 aliphatic rings. The molecule has 13 heavy (non-hydrogen) atoms. The number of amides is 1. The van der Waals surface area contributed by atoms with Gasteiger partial charge in [0.1, 0.15) is 5.00 Å². The number of carbonyl (C=O) groups is 1. The highest BCUT2D eigenvalue weighted by molar-refractivity contribution is 7.16. The van der Waals surface area contributed by atoms with Gasteiger partial charge in [-0.05, 0) is 0 Å². The Labute approximate surface area is 80.6 Å². The lowest BCUT2D eigenvalue weighted by atomic mass is 9.98. The number of rotatable bonds is 1. The Balaban J connectivity index is 2.81. The summed E-state index contributed by atoms with van der Waals surface area (Å²) in [6, 6.07) is 0. The molecule has 0 bridgehead atoms. The Morgan fingerprint density at radius 1 is 1.62 bits per heavy atom. The summed E-state index contributed by atoms with van der Waals surface area (Å²) in [5.41, 5.74) is -0.0247. The van der Waals surface area contributed by atoms with E-state index in [1.807, 2.05) is 20.8 Å². The summed E-state index contributed by atoms with van der Waals surface area (Å²) in [6.45, 7) is 6.11. The van der Waals surface area contributed by atoms with Crippen LogP contribution >= 0.6 is 11.3 Å². The molecule has 5 heteroatoms. The highest BCUT2D eigenvalue weighted by Crippen LogP contribution is 2.29. The lowest BCUT2D eigenvalue weighted by Gasteiger charge is -2.13. The third-order valence-corrected chi connectivity index (χ3v) is 2.72. The predicted octanol–water partition coefficient (Wildman–Crippen LogP) is 2.53. The molecule has 0 atom stereocenters. The van der Waals surface area contributed by atoms with E-state index in [-0.39, 0.29) is 5.41 Å². The molecule has 1 rings (SSSR count). The number of hydrogen-bond donors (Lipinski definition) is 2. The fraction of sp³-hybridized carbons (Fsp3) is 0.500. The van der Waals surface area contributed by atoms with Crippen LogP contribution < -0.4 is 5.32 Å². The molecule has 4 nitrogen and oxygen atoms in total. The van der Waals surface area contributed by atoms with Crippen molar-refractivity contribution in [3.05, 3.63) is 11.2 Å². The molecule has 72 valence electrons. The molecule has 0 unspecified atom stereocenters. The van der Waals surface area contributed by atoms with Crippen LogP contribution in [-0.4, -0.2) is 16.2 Å². The van der Waals surface area contributed by atoms with Gasteiger partial charge in [-0.15, -0.1) is 11.3 Å². The average Bonchev–Trinajstić information content (AvgIpc) is 2.32. The van der Waals surface area contributed by atoms with Crippen molar-refractivity contribution in [2.24, 2.45) is 0 Å². The van der Waals surface area contributed by atoms with Crippen molar-refractivity contribution in [3.63, 3.8) is 0 Å². The minimum atomic E-state index is -1.05. The Morgan fingerprint density at radius 2 is 2.23 bits per heavy atom. The van der Waals surface area contributed by atoms with Crippen molar-refractivity contribution in [1.82, 2.24) is 4.98 Å². The maximum absolute atomic E-state index is 10.3. The van der Waals surface area contributed by atoms with Crippen LogP contribution in [0.2, 0.25) is 0 Å². The first-order chi connectivity index (χ1) is 5.89. The average molecular weight is 200 g/mol. The zero-order valence-corrected chi connectivity index (χ0v) is 8.60. The fourth-order valence-corrected chi connectivity index (χ4v) is 1.65. The molecule has 0 spiro atoms. The fourth-order valence-electron chi connectivity index (χ4n) is 0.784. The van der Waals surface area contributed by atoms with Gasteiger partial charge in [0.05, 0.1) is 11.2 Å². The van der Waals surface area contributed by atoms with Crippen LogP contribution in [0.3, 0.4) is 0 Å². The zero-order chi connectivity index (χ0) is 10.1. The van der Waals surface area contributed by atoms with E-state index in [0.717, 1.165) is 5.01 Å². The van der Waals surface area contributed by atoms with E-state index in [4.69, 9.17) is 5.11 Å². The minimum absolute atomic E-state index is 0.0247. The number of carboxylic acid groups (broad SMARTS) is 1. The van der Waals surface area contributed by atoms with Crippen molar-refractivity contribution in [3.8, 4) is 0 Å². The third-order valence-electron chi connectivity index (χ3n) is 1.38. The predicted molar refractivity (Wildman–Crippen MR) is 52.5 cm³/mol. The van der Waals surface area contributed by atoms with Gasteiger partial charge < -0.3 is 5.11 Å². The summed E-state index contributed by atoms with van der Waals surface area (Å²) in [4.78, 5) is 14.4. The molecule has 0 aliphatic heterocycles. The second-order valence-corrected chi connectivity index (χ2v) is 4.74. The van der Waals surface area contributed by atoms with Gasteiger partial charge in [0, 0.05) is 5.41 Å². The monoisotopic (exact) mass is 200 g/mol. The highest BCUT2D eigenvalue weighted by atomic mass is 32.1.